The van der Waals surface area contributed by atoms with E-state index < -0.39 is 11.4 Å². The van der Waals surface area contributed by atoms with E-state index >= 15 is 0 Å². The standard InChI is InChI=1S/C23H30O5/c1-20-9-4-3-5-15(20)6-7-16-17-8-10-22(21(17,2)11-18(24)19(16)20)23(28-14-26-22)12-25-13-27-23/h3,5,9,16-19,24H,6-8,10-14H2,1-2H3/t16-,17-,18-,19+,20-,21-,22+,23?/m0/s1. The maximum absolute atomic E-state index is 11.5. The van der Waals surface area contributed by atoms with Crippen LogP contribution in [-0.4, -0.2) is 42.8 Å². The molecule has 2 spiro atoms. The smallest absolute Gasteiger partial charge is 0.226 e. The Bertz CT molecular complexity index is 785. The summed E-state index contributed by atoms with van der Waals surface area (Å²) in [5.41, 5.74) is 3.95. The van der Waals surface area contributed by atoms with Gasteiger partial charge in [-0.1, -0.05) is 25.5 Å². The van der Waals surface area contributed by atoms with Gasteiger partial charge in [-0.15, -0.1) is 5.73 Å². The second-order valence-electron chi connectivity index (χ2n) is 10.1. The second kappa shape index (κ2) is 5.60. The van der Waals surface area contributed by atoms with Gasteiger partial charge in [0.1, 0.15) is 12.2 Å². The molecule has 6 rings (SSSR count). The van der Waals surface area contributed by atoms with Crippen molar-refractivity contribution in [3.8, 4) is 0 Å². The highest BCUT2D eigenvalue weighted by Gasteiger charge is 2.76. The highest BCUT2D eigenvalue weighted by atomic mass is 16.9. The quantitative estimate of drug-likeness (QED) is 0.648. The minimum atomic E-state index is -0.819. The molecule has 4 aliphatic carbocycles. The van der Waals surface area contributed by atoms with E-state index in [-0.39, 0.29) is 36.4 Å². The largest absolute Gasteiger partial charge is 0.393 e. The Balaban J connectivity index is 1.43. The molecule has 5 heteroatoms. The number of aliphatic hydroxyl groups is 1. The molecule has 0 aromatic carbocycles. The molecular weight excluding hydrogens is 356 g/mol. The van der Waals surface area contributed by atoms with Crippen molar-refractivity contribution in [2.75, 3.05) is 20.2 Å². The van der Waals surface area contributed by atoms with Crippen LogP contribution in [0.3, 0.4) is 0 Å². The summed E-state index contributed by atoms with van der Waals surface area (Å²) in [6.45, 7) is 5.53. The molecule has 1 unspecified atom stereocenters. The topological polar surface area (TPSA) is 57.2 Å². The minimum absolute atomic E-state index is 0.0914. The maximum Gasteiger partial charge on any atom is 0.226 e. The van der Waals surface area contributed by atoms with E-state index in [1.807, 2.05) is 6.08 Å². The number of aliphatic hydroxyl groups excluding tert-OH is 1. The van der Waals surface area contributed by atoms with Crippen LogP contribution < -0.4 is 0 Å². The Labute approximate surface area is 166 Å². The predicted molar refractivity (Wildman–Crippen MR) is 101 cm³/mol. The van der Waals surface area contributed by atoms with E-state index in [1.165, 1.54) is 5.57 Å². The van der Waals surface area contributed by atoms with Crippen molar-refractivity contribution < 1.29 is 24.1 Å². The third-order valence-electron chi connectivity index (χ3n) is 9.35. The van der Waals surface area contributed by atoms with Gasteiger partial charge in [0.05, 0.1) is 6.10 Å². The minimum Gasteiger partial charge on any atom is -0.393 e. The molecule has 0 bridgehead atoms. The van der Waals surface area contributed by atoms with Crippen molar-refractivity contribution >= 4 is 0 Å². The molecule has 6 aliphatic rings. The first-order valence-electron chi connectivity index (χ1n) is 10.8. The number of allylic oxidation sites excluding steroid dienone is 3. The molecule has 0 aromatic heterocycles. The van der Waals surface area contributed by atoms with Crippen molar-refractivity contribution in [1.29, 1.82) is 0 Å². The number of fused-ring (bicyclic) bond motifs is 7. The summed E-state index contributed by atoms with van der Waals surface area (Å²) in [7, 11) is 0. The lowest BCUT2D eigenvalue weighted by Crippen LogP contribution is -2.66. The van der Waals surface area contributed by atoms with E-state index in [9.17, 15) is 5.11 Å². The highest BCUT2D eigenvalue weighted by molar-refractivity contribution is 5.35. The summed E-state index contributed by atoms with van der Waals surface area (Å²) >= 11 is 0. The Morgan fingerprint density at radius 1 is 1.14 bits per heavy atom. The predicted octanol–water partition coefficient (Wildman–Crippen LogP) is 3.29. The van der Waals surface area contributed by atoms with Crippen molar-refractivity contribution in [2.24, 2.45) is 28.6 Å². The molecule has 2 heterocycles. The Morgan fingerprint density at radius 3 is 2.82 bits per heavy atom. The molecule has 28 heavy (non-hydrogen) atoms. The summed E-state index contributed by atoms with van der Waals surface area (Å²) in [6.07, 6.45) is 11.0. The summed E-state index contributed by atoms with van der Waals surface area (Å²) < 4.78 is 24.1. The van der Waals surface area contributed by atoms with Gasteiger partial charge in [-0.3, -0.25) is 0 Å². The molecule has 8 atom stereocenters. The highest BCUT2D eigenvalue weighted by Crippen LogP contribution is 2.71. The van der Waals surface area contributed by atoms with Gasteiger partial charge in [0, 0.05) is 16.7 Å². The van der Waals surface area contributed by atoms with E-state index in [0.717, 1.165) is 25.7 Å². The van der Waals surface area contributed by atoms with Gasteiger partial charge >= 0.3 is 0 Å². The van der Waals surface area contributed by atoms with Gasteiger partial charge in [-0.05, 0) is 56.1 Å². The Kier molecular flexibility index (Phi) is 3.58. The third-order valence-corrected chi connectivity index (χ3v) is 9.35. The third kappa shape index (κ3) is 1.87. The zero-order chi connectivity index (χ0) is 19.2. The van der Waals surface area contributed by atoms with Crippen LogP contribution in [0.1, 0.15) is 46.0 Å². The summed E-state index contributed by atoms with van der Waals surface area (Å²) in [6, 6.07) is 0. The average molecular weight is 386 g/mol. The van der Waals surface area contributed by atoms with Crippen molar-refractivity contribution in [3.05, 3.63) is 29.5 Å². The van der Waals surface area contributed by atoms with Crippen LogP contribution >= 0.6 is 0 Å². The van der Waals surface area contributed by atoms with Gasteiger partial charge in [-0.2, -0.15) is 0 Å². The summed E-state index contributed by atoms with van der Waals surface area (Å²) in [4.78, 5) is 0. The van der Waals surface area contributed by atoms with Crippen LogP contribution in [0.4, 0.5) is 0 Å². The van der Waals surface area contributed by atoms with Gasteiger partial charge < -0.3 is 24.1 Å². The first-order chi connectivity index (χ1) is 13.5. The van der Waals surface area contributed by atoms with Gasteiger partial charge in [0.15, 0.2) is 13.6 Å². The molecule has 5 nitrogen and oxygen atoms in total. The maximum atomic E-state index is 11.5. The number of hydrogen-bond donors (Lipinski definition) is 1. The zero-order valence-corrected chi connectivity index (χ0v) is 16.8. The molecule has 3 saturated carbocycles. The molecule has 0 amide bonds. The molecule has 2 saturated heterocycles. The Morgan fingerprint density at radius 2 is 2.00 bits per heavy atom. The lowest BCUT2D eigenvalue weighted by Gasteiger charge is -2.60. The lowest BCUT2D eigenvalue weighted by atomic mass is 9.46. The lowest BCUT2D eigenvalue weighted by molar-refractivity contribution is -0.256. The fourth-order valence-corrected chi connectivity index (χ4v) is 8.20. The molecule has 152 valence electrons. The first kappa shape index (κ1) is 17.9. The molecule has 2 aliphatic heterocycles. The number of ether oxygens (including phenoxy) is 4. The van der Waals surface area contributed by atoms with Gasteiger partial charge in [0.25, 0.3) is 0 Å². The van der Waals surface area contributed by atoms with Gasteiger partial charge in [0.2, 0.25) is 5.79 Å². The van der Waals surface area contributed by atoms with Crippen LogP contribution in [0.5, 0.6) is 0 Å². The monoisotopic (exact) mass is 386 g/mol. The van der Waals surface area contributed by atoms with Crippen LogP contribution in [0, 0.1) is 28.6 Å². The van der Waals surface area contributed by atoms with E-state index in [1.54, 1.807) is 0 Å². The van der Waals surface area contributed by atoms with E-state index in [0.29, 0.717) is 24.9 Å². The first-order valence-corrected chi connectivity index (χ1v) is 10.8. The normalized spacial score (nSPS) is 56.8. The molecule has 0 aromatic rings. The fourth-order valence-electron chi connectivity index (χ4n) is 8.20. The zero-order valence-electron chi connectivity index (χ0n) is 16.8. The van der Waals surface area contributed by atoms with Crippen LogP contribution in [0.15, 0.2) is 29.5 Å². The van der Waals surface area contributed by atoms with Crippen molar-refractivity contribution in [2.45, 2.75) is 63.4 Å². The average Bonchev–Trinajstić information content (AvgIpc) is 3.36. The molecular formula is C23H30O5. The Hall–Kier alpha value is -0.940. The number of rotatable bonds is 0. The summed E-state index contributed by atoms with van der Waals surface area (Å²) in [5, 5.41) is 11.5. The number of hydrogen-bond acceptors (Lipinski definition) is 5. The molecule has 1 N–H and O–H groups in total. The van der Waals surface area contributed by atoms with Crippen LogP contribution in [0.25, 0.3) is 0 Å². The van der Waals surface area contributed by atoms with E-state index in [2.05, 4.69) is 31.7 Å². The second-order valence-corrected chi connectivity index (χ2v) is 10.1. The van der Waals surface area contributed by atoms with E-state index in [4.69, 9.17) is 18.9 Å². The SMILES string of the molecule is C[C@]12C=C=CC=C1CC[C@@H]1[C@@H]2[C@@H](O)C[C@@]2(C)[C@H]1CC[C@@]21OCOC12COCO2. The van der Waals surface area contributed by atoms with Gasteiger partial charge in [-0.25, -0.2) is 0 Å². The van der Waals surface area contributed by atoms with Crippen LogP contribution in [-0.2, 0) is 18.9 Å². The van der Waals surface area contributed by atoms with Crippen LogP contribution in [0.2, 0.25) is 0 Å². The molecule has 0 radical (unpaired) electrons. The summed E-state index contributed by atoms with van der Waals surface area (Å²) in [5.74, 6) is 0.373. The fraction of sp³-hybridized carbons (Fsp3) is 0.783. The van der Waals surface area contributed by atoms with Crippen molar-refractivity contribution in [3.63, 3.8) is 0 Å². The molecule has 5 fully saturated rings. The van der Waals surface area contributed by atoms with Crippen molar-refractivity contribution in [1.82, 2.24) is 0 Å².